The Kier molecular flexibility index (Phi) is 2.02. The Balaban J connectivity index is 2.48. The first-order chi connectivity index (χ1) is 8.16. The number of pyridine rings is 1. The van der Waals surface area contributed by atoms with Crippen molar-refractivity contribution < 1.29 is 9.90 Å². The average Bonchev–Trinajstić information content (AvgIpc) is 2.72. The van der Waals surface area contributed by atoms with Crippen LogP contribution in [0.15, 0.2) is 30.6 Å². The smallest absolute Gasteiger partial charge is 0.337 e. The maximum atomic E-state index is 11.0. The van der Waals surface area contributed by atoms with Crippen LogP contribution in [0.3, 0.4) is 0 Å². The molecule has 0 saturated carbocycles. The Labute approximate surface area is 100 Å². The molecule has 3 aromatic rings. The molecule has 3 aromatic heterocycles. The van der Waals surface area contributed by atoms with Gasteiger partial charge in [0.15, 0.2) is 0 Å². The summed E-state index contributed by atoms with van der Waals surface area (Å²) in [6, 6.07) is 5.03. The second kappa shape index (κ2) is 3.43. The van der Waals surface area contributed by atoms with Gasteiger partial charge >= 0.3 is 5.97 Å². The van der Waals surface area contributed by atoms with Gasteiger partial charge in [0, 0.05) is 17.8 Å². The van der Waals surface area contributed by atoms with E-state index in [0.717, 1.165) is 5.39 Å². The topological polar surface area (TPSA) is 67.5 Å². The molecule has 0 aliphatic heterocycles. The molecule has 3 rings (SSSR count). The molecule has 0 aromatic carbocycles. The Hall–Kier alpha value is -2.14. The lowest BCUT2D eigenvalue weighted by Gasteiger charge is -2.02. The molecule has 1 N–H and O–H groups in total. The van der Waals surface area contributed by atoms with E-state index >= 15 is 0 Å². The first-order valence-electron chi connectivity index (χ1n) is 4.82. The number of halogens is 1. The standard InChI is InChI=1S/C11H6ClN3O2/c12-11-13-5-6-1-2-8-7(10(16)17)3-4-15(8)9(6)14-11/h1-5H,(H,16,17). The number of carboxylic acid groups (broad SMARTS) is 1. The molecule has 0 aliphatic rings. The van der Waals surface area contributed by atoms with Crippen LogP contribution < -0.4 is 0 Å². The van der Waals surface area contributed by atoms with E-state index in [9.17, 15) is 4.79 Å². The largest absolute Gasteiger partial charge is 0.478 e. The minimum absolute atomic E-state index is 0.135. The van der Waals surface area contributed by atoms with Crippen molar-refractivity contribution in [3.63, 3.8) is 0 Å². The van der Waals surface area contributed by atoms with Gasteiger partial charge in [-0.3, -0.25) is 0 Å². The number of carbonyl (C=O) groups is 1. The van der Waals surface area contributed by atoms with Gasteiger partial charge in [0.05, 0.1) is 11.1 Å². The quantitative estimate of drug-likeness (QED) is 0.670. The van der Waals surface area contributed by atoms with Crippen molar-refractivity contribution in [3.8, 4) is 0 Å². The highest BCUT2D eigenvalue weighted by atomic mass is 35.5. The molecule has 0 bridgehead atoms. The molecular formula is C11H6ClN3O2. The summed E-state index contributed by atoms with van der Waals surface area (Å²) in [6.07, 6.45) is 3.26. The molecule has 3 heterocycles. The number of nitrogens with zero attached hydrogens (tertiary/aromatic N) is 3. The Bertz CT molecular complexity index is 751. The average molecular weight is 248 g/mol. The summed E-state index contributed by atoms with van der Waals surface area (Å²) in [5.41, 5.74) is 1.41. The van der Waals surface area contributed by atoms with Crippen LogP contribution in [-0.4, -0.2) is 25.4 Å². The van der Waals surface area contributed by atoms with Crippen LogP contribution in [0.4, 0.5) is 0 Å². The number of aromatic carboxylic acids is 1. The van der Waals surface area contributed by atoms with Crippen LogP contribution in [0.2, 0.25) is 5.28 Å². The van der Waals surface area contributed by atoms with E-state index in [2.05, 4.69) is 9.97 Å². The van der Waals surface area contributed by atoms with Crippen LogP contribution in [0.1, 0.15) is 10.4 Å². The number of aromatic nitrogens is 3. The van der Waals surface area contributed by atoms with E-state index in [1.54, 1.807) is 28.9 Å². The number of carboxylic acids is 1. The van der Waals surface area contributed by atoms with Gasteiger partial charge in [-0.05, 0) is 29.8 Å². The zero-order chi connectivity index (χ0) is 12.0. The molecule has 0 atom stereocenters. The second-order valence-electron chi connectivity index (χ2n) is 3.54. The van der Waals surface area contributed by atoms with Gasteiger partial charge in [-0.15, -0.1) is 0 Å². The molecule has 0 radical (unpaired) electrons. The van der Waals surface area contributed by atoms with E-state index < -0.39 is 5.97 Å². The Morgan fingerprint density at radius 2 is 2.18 bits per heavy atom. The van der Waals surface area contributed by atoms with E-state index in [1.807, 2.05) is 0 Å². The summed E-state index contributed by atoms with van der Waals surface area (Å²) in [5, 5.41) is 9.96. The van der Waals surface area contributed by atoms with E-state index in [4.69, 9.17) is 16.7 Å². The van der Waals surface area contributed by atoms with Crippen LogP contribution >= 0.6 is 11.6 Å². The maximum absolute atomic E-state index is 11.0. The molecule has 17 heavy (non-hydrogen) atoms. The van der Waals surface area contributed by atoms with E-state index in [-0.39, 0.29) is 10.8 Å². The molecule has 0 unspecified atom stereocenters. The van der Waals surface area contributed by atoms with E-state index in [0.29, 0.717) is 11.2 Å². The van der Waals surface area contributed by atoms with Crippen molar-refractivity contribution in [1.82, 2.24) is 14.4 Å². The van der Waals surface area contributed by atoms with Crippen molar-refractivity contribution in [1.29, 1.82) is 0 Å². The van der Waals surface area contributed by atoms with Gasteiger partial charge in [-0.1, -0.05) is 0 Å². The van der Waals surface area contributed by atoms with Gasteiger partial charge in [-0.25, -0.2) is 9.78 Å². The van der Waals surface area contributed by atoms with Crippen molar-refractivity contribution in [3.05, 3.63) is 41.4 Å². The summed E-state index contributed by atoms with van der Waals surface area (Å²) < 4.78 is 1.69. The Morgan fingerprint density at radius 1 is 1.35 bits per heavy atom. The van der Waals surface area contributed by atoms with Gasteiger partial charge in [-0.2, -0.15) is 4.98 Å². The number of hydrogen-bond acceptors (Lipinski definition) is 3. The maximum Gasteiger partial charge on any atom is 0.337 e. The van der Waals surface area contributed by atoms with Gasteiger partial charge in [0.25, 0.3) is 0 Å². The fourth-order valence-corrected chi connectivity index (χ4v) is 1.95. The Morgan fingerprint density at radius 3 is 2.94 bits per heavy atom. The third-order valence-electron chi connectivity index (χ3n) is 2.57. The summed E-state index contributed by atoms with van der Waals surface area (Å²) in [6.45, 7) is 0. The third kappa shape index (κ3) is 1.43. The molecule has 84 valence electrons. The van der Waals surface area contributed by atoms with Crippen molar-refractivity contribution in [2.24, 2.45) is 0 Å². The highest BCUT2D eigenvalue weighted by molar-refractivity contribution is 6.28. The highest BCUT2D eigenvalue weighted by Crippen LogP contribution is 2.20. The van der Waals surface area contributed by atoms with Gasteiger partial charge in [0.2, 0.25) is 5.28 Å². The highest BCUT2D eigenvalue weighted by Gasteiger charge is 2.11. The fourth-order valence-electron chi connectivity index (χ4n) is 1.82. The zero-order valence-corrected chi connectivity index (χ0v) is 9.22. The van der Waals surface area contributed by atoms with E-state index in [1.165, 1.54) is 6.07 Å². The molecule has 0 amide bonds. The zero-order valence-electron chi connectivity index (χ0n) is 8.46. The minimum Gasteiger partial charge on any atom is -0.478 e. The molecule has 0 saturated heterocycles. The van der Waals surface area contributed by atoms with Gasteiger partial charge < -0.3 is 9.51 Å². The molecular weight excluding hydrogens is 242 g/mol. The third-order valence-corrected chi connectivity index (χ3v) is 2.75. The lowest BCUT2D eigenvalue weighted by molar-refractivity contribution is 0.0699. The van der Waals surface area contributed by atoms with Crippen LogP contribution in [0.5, 0.6) is 0 Å². The van der Waals surface area contributed by atoms with Crippen LogP contribution in [-0.2, 0) is 0 Å². The summed E-state index contributed by atoms with van der Waals surface area (Å²) in [5.74, 6) is -0.966. The minimum atomic E-state index is -0.966. The van der Waals surface area contributed by atoms with Gasteiger partial charge in [0.1, 0.15) is 5.65 Å². The fraction of sp³-hybridized carbons (Fsp3) is 0. The number of hydrogen-bond donors (Lipinski definition) is 1. The summed E-state index contributed by atoms with van der Waals surface area (Å²) >= 11 is 5.74. The predicted molar refractivity (Wildman–Crippen MR) is 62.5 cm³/mol. The molecule has 0 fully saturated rings. The van der Waals surface area contributed by atoms with Crippen LogP contribution in [0, 0.1) is 0 Å². The normalized spacial score (nSPS) is 11.1. The second-order valence-corrected chi connectivity index (χ2v) is 3.88. The molecule has 6 heteroatoms. The van der Waals surface area contributed by atoms with Crippen molar-refractivity contribution in [2.75, 3.05) is 0 Å². The van der Waals surface area contributed by atoms with Crippen LogP contribution in [0.25, 0.3) is 16.6 Å². The number of rotatable bonds is 1. The molecule has 0 aliphatic carbocycles. The summed E-state index contributed by atoms with van der Waals surface area (Å²) in [7, 11) is 0. The monoisotopic (exact) mass is 247 g/mol. The van der Waals surface area contributed by atoms with Crippen molar-refractivity contribution >= 4 is 34.1 Å². The lowest BCUT2D eigenvalue weighted by Crippen LogP contribution is -1.97. The summed E-state index contributed by atoms with van der Waals surface area (Å²) in [4.78, 5) is 19.0. The van der Waals surface area contributed by atoms with Crippen molar-refractivity contribution in [2.45, 2.75) is 0 Å². The lowest BCUT2D eigenvalue weighted by atomic mass is 10.2. The predicted octanol–water partition coefficient (Wildman–Crippen LogP) is 2.23. The number of fused-ring (bicyclic) bond motifs is 3. The first-order valence-corrected chi connectivity index (χ1v) is 5.20. The SMILES string of the molecule is O=C(O)c1ccn2c1ccc1cnc(Cl)nc12. The first kappa shape index (κ1) is 10.0. The molecule has 0 spiro atoms. The molecule has 5 nitrogen and oxygen atoms in total.